The molecule has 6 heteroatoms. The summed E-state index contributed by atoms with van der Waals surface area (Å²) in [6, 6.07) is 12.9. The van der Waals surface area contributed by atoms with Crippen LogP contribution in [0.25, 0.3) is 0 Å². The molecule has 0 aromatic heterocycles. The second kappa shape index (κ2) is 8.89. The van der Waals surface area contributed by atoms with Crippen LogP contribution in [0.4, 0.5) is 5.69 Å². The summed E-state index contributed by atoms with van der Waals surface area (Å²) in [5.41, 5.74) is 2.42. The van der Waals surface area contributed by atoms with Crippen molar-refractivity contribution in [2.75, 3.05) is 26.1 Å². The molecular weight excluding hydrogens is 332 g/mol. The highest BCUT2D eigenvalue weighted by atomic mass is 16.5. The molecule has 2 amide bonds. The van der Waals surface area contributed by atoms with Gasteiger partial charge >= 0.3 is 0 Å². The number of anilines is 1. The highest BCUT2D eigenvalue weighted by molar-refractivity contribution is 5.95. The third kappa shape index (κ3) is 4.99. The second-order valence-electron chi connectivity index (χ2n) is 5.94. The maximum Gasteiger partial charge on any atom is 0.244 e. The SMILES string of the molecule is COc1ccccc1CN(CC(=O)Nc1cc(C)ccc1OC)C(C)=O. The molecule has 0 fully saturated rings. The van der Waals surface area contributed by atoms with Crippen molar-refractivity contribution in [2.24, 2.45) is 0 Å². The van der Waals surface area contributed by atoms with Crippen LogP contribution in [0, 0.1) is 6.92 Å². The van der Waals surface area contributed by atoms with Gasteiger partial charge in [0.15, 0.2) is 0 Å². The minimum Gasteiger partial charge on any atom is -0.496 e. The summed E-state index contributed by atoms with van der Waals surface area (Å²) < 4.78 is 10.6. The number of aryl methyl sites for hydroxylation is 1. The van der Waals surface area contributed by atoms with Gasteiger partial charge in [-0.15, -0.1) is 0 Å². The summed E-state index contributed by atoms with van der Waals surface area (Å²) in [6.45, 7) is 3.59. The van der Waals surface area contributed by atoms with Crippen molar-refractivity contribution in [1.29, 1.82) is 0 Å². The molecule has 2 aromatic rings. The van der Waals surface area contributed by atoms with Crippen molar-refractivity contribution >= 4 is 17.5 Å². The molecule has 0 saturated heterocycles. The van der Waals surface area contributed by atoms with Gasteiger partial charge in [-0.25, -0.2) is 0 Å². The van der Waals surface area contributed by atoms with E-state index in [0.717, 1.165) is 11.1 Å². The molecule has 1 N–H and O–H groups in total. The molecule has 0 radical (unpaired) electrons. The number of rotatable bonds is 7. The molecule has 0 atom stereocenters. The number of methoxy groups -OCH3 is 2. The third-order valence-electron chi connectivity index (χ3n) is 3.96. The van der Waals surface area contributed by atoms with Crippen molar-refractivity contribution in [1.82, 2.24) is 4.90 Å². The Morgan fingerprint density at radius 1 is 1.04 bits per heavy atom. The number of benzene rings is 2. The average molecular weight is 356 g/mol. The lowest BCUT2D eigenvalue weighted by Crippen LogP contribution is -2.36. The van der Waals surface area contributed by atoms with Gasteiger partial charge in [0.05, 0.1) is 19.9 Å². The summed E-state index contributed by atoms with van der Waals surface area (Å²) in [5, 5.41) is 2.81. The zero-order valence-electron chi connectivity index (χ0n) is 15.5. The normalized spacial score (nSPS) is 10.2. The first kappa shape index (κ1) is 19.3. The van der Waals surface area contributed by atoms with Crippen LogP contribution >= 0.6 is 0 Å². The van der Waals surface area contributed by atoms with E-state index in [1.165, 1.54) is 11.8 Å². The first-order chi connectivity index (χ1) is 12.4. The maximum atomic E-state index is 12.5. The van der Waals surface area contributed by atoms with Crippen LogP contribution in [0.2, 0.25) is 0 Å². The molecule has 0 heterocycles. The van der Waals surface area contributed by atoms with E-state index in [2.05, 4.69) is 5.32 Å². The monoisotopic (exact) mass is 356 g/mol. The zero-order valence-corrected chi connectivity index (χ0v) is 15.5. The topological polar surface area (TPSA) is 67.9 Å². The Bertz CT molecular complexity index is 789. The van der Waals surface area contributed by atoms with Crippen LogP contribution < -0.4 is 14.8 Å². The van der Waals surface area contributed by atoms with Gasteiger partial charge in [-0.05, 0) is 30.7 Å². The van der Waals surface area contributed by atoms with E-state index in [9.17, 15) is 9.59 Å². The van der Waals surface area contributed by atoms with Crippen LogP contribution in [0.15, 0.2) is 42.5 Å². The Hall–Kier alpha value is -3.02. The Morgan fingerprint density at radius 2 is 1.73 bits per heavy atom. The predicted octanol–water partition coefficient (Wildman–Crippen LogP) is 3.00. The first-order valence-corrected chi connectivity index (χ1v) is 8.26. The number of nitrogens with one attached hydrogen (secondary N) is 1. The number of amides is 2. The minimum atomic E-state index is -0.293. The van der Waals surface area contributed by atoms with E-state index in [-0.39, 0.29) is 24.9 Å². The van der Waals surface area contributed by atoms with E-state index < -0.39 is 0 Å². The van der Waals surface area contributed by atoms with Crippen LogP contribution in [0.5, 0.6) is 11.5 Å². The van der Waals surface area contributed by atoms with Crippen molar-refractivity contribution in [2.45, 2.75) is 20.4 Å². The van der Waals surface area contributed by atoms with E-state index in [1.54, 1.807) is 20.3 Å². The molecule has 138 valence electrons. The number of para-hydroxylation sites is 1. The number of nitrogens with zero attached hydrogens (tertiary/aromatic N) is 1. The Kier molecular flexibility index (Phi) is 6.60. The molecule has 2 aromatic carbocycles. The van der Waals surface area contributed by atoms with Crippen LogP contribution in [0.3, 0.4) is 0 Å². The third-order valence-corrected chi connectivity index (χ3v) is 3.96. The summed E-state index contributed by atoms with van der Waals surface area (Å²) in [6.07, 6.45) is 0. The lowest BCUT2D eigenvalue weighted by molar-refractivity contribution is -0.133. The fraction of sp³-hybridized carbons (Fsp3) is 0.300. The standard InChI is InChI=1S/C20H24N2O4/c1-14-9-10-19(26-4)17(11-14)21-20(24)13-22(15(2)23)12-16-7-5-6-8-18(16)25-3/h5-11H,12-13H2,1-4H3,(H,21,24). The van der Waals surface area contributed by atoms with Gasteiger partial charge in [0.2, 0.25) is 11.8 Å². The van der Waals surface area contributed by atoms with Gasteiger partial charge in [-0.2, -0.15) is 0 Å². The molecule has 0 aliphatic rings. The predicted molar refractivity (Wildman–Crippen MR) is 100 cm³/mol. The van der Waals surface area contributed by atoms with Crippen molar-refractivity contribution in [3.8, 4) is 11.5 Å². The molecule has 0 bridgehead atoms. The average Bonchev–Trinajstić information content (AvgIpc) is 2.61. The first-order valence-electron chi connectivity index (χ1n) is 8.26. The number of carbonyl (C=O) groups excluding carboxylic acids is 2. The quantitative estimate of drug-likeness (QED) is 0.828. The molecular formula is C20H24N2O4. The lowest BCUT2D eigenvalue weighted by atomic mass is 10.2. The van der Waals surface area contributed by atoms with Crippen molar-refractivity contribution in [3.63, 3.8) is 0 Å². The molecule has 26 heavy (non-hydrogen) atoms. The van der Waals surface area contributed by atoms with E-state index >= 15 is 0 Å². The number of ether oxygens (including phenoxy) is 2. The van der Waals surface area contributed by atoms with Crippen LogP contribution in [0.1, 0.15) is 18.1 Å². The minimum absolute atomic E-state index is 0.0650. The van der Waals surface area contributed by atoms with Gasteiger partial charge in [0, 0.05) is 19.0 Å². The van der Waals surface area contributed by atoms with Gasteiger partial charge < -0.3 is 19.7 Å². The maximum absolute atomic E-state index is 12.5. The number of carbonyl (C=O) groups is 2. The van der Waals surface area contributed by atoms with E-state index in [0.29, 0.717) is 17.2 Å². The van der Waals surface area contributed by atoms with Gasteiger partial charge in [-0.1, -0.05) is 24.3 Å². The highest BCUT2D eigenvalue weighted by Gasteiger charge is 2.17. The van der Waals surface area contributed by atoms with Gasteiger partial charge in [0.25, 0.3) is 0 Å². The molecule has 0 saturated carbocycles. The summed E-state index contributed by atoms with van der Waals surface area (Å²) in [4.78, 5) is 25.9. The summed E-state index contributed by atoms with van der Waals surface area (Å²) in [7, 11) is 3.12. The smallest absolute Gasteiger partial charge is 0.244 e. The molecule has 0 spiro atoms. The van der Waals surface area contributed by atoms with Crippen LogP contribution in [-0.2, 0) is 16.1 Å². The fourth-order valence-corrected chi connectivity index (χ4v) is 2.60. The van der Waals surface area contributed by atoms with E-state index in [4.69, 9.17) is 9.47 Å². The zero-order chi connectivity index (χ0) is 19.1. The number of hydrogen-bond acceptors (Lipinski definition) is 4. The molecule has 2 rings (SSSR count). The van der Waals surface area contributed by atoms with Crippen LogP contribution in [-0.4, -0.2) is 37.5 Å². The lowest BCUT2D eigenvalue weighted by Gasteiger charge is -2.22. The molecule has 0 aliphatic carbocycles. The summed E-state index contributed by atoms with van der Waals surface area (Å²) >= 11 is 0. The largest absolute Gasteiger partial charge is 0.496 e. The Morgan fingerprint density at radius 3 is 2.38 bits per heavy atom. The summed E-state index contributed by atoms with van der Waals surface area (Å²) in [5.74, 6) is 0.767. The Labute approximate surface area is 153 Å². The van der Waals surface area contributed by atoms with Crippen molar-refractivity contribution < 1.29 is 19.1 Å². The second-order valence-corrected chi connectivity index (χ2v) is 5.94. The van der Waals surface area contributed by atoms with E-state index in [1.807, 2.05) is 43.3 Å². The van der Waals surface area contributed by atoms with Gasteiger partial charge in [-0.3, -0.25) is 9.59 Å². The van der Waals surface area contributed by atoms with Crippen molar-refractivity contribution in [3.05, 3.63) is 53.6 Å². The number of hydrogen-bond donors (Lipinski definition) is 1. The molecule has 0 aliphatic heterocycles. The highest BCUT2D eigenvalue weighted by Crippen LogP contribution is 2.25. The molecule has 0 unspecified atom stereocenters. The Balaban J connectivity index is 2.11. The molecule has 6 nitrogen and oxygen atoms in total. The fourth-order valence-electron chi connectivity index (χ4n) is 2.60. The van der Waals surface area contributed by atoms with Gasteiger partial charge in [0.1, 0.15) is 18.0 Å².